The molecule has 0 aromatic heterocycles. The lowest BCUT2D eigenvalue weighted by molar-refractivity contribution is 0.955. The highest BCUT2D eigenvalue weighted by Gasteiger charge is 2.05. The molecule has 2 aromatic carbocycles. The minimum absolute atomic E-state index is 0.0198. The lowest BCUT2D eigenvalue weighted by atomic mass is 10.2. The first-order chi connectivity index (χ1) is 7.42. The molecule has 2 heteroatoms. The molecule has 0 bridgehead atoms. The molecule has 0 spiro atoms. The minimum atomic E-state index is -0.0198. The minimum Gasteiger partial charge on any atom is -0.325 e. The molecule has 2 aromatic rings. The summed E-state index contributed by atoms with van der Waals surface area (Å²) in [6, 6.07) is 19.7. The molecule has 15 heavy (non-hydrogen) atoms. The van der Waals surface area contributed by atoms with Gasteiger partial charge < -0.3 is 4.90 Å². The average molecular weight is 196 g/mol. The fourth-order valence-corrected chi connectivity index (χ4v) is 1.53. The van der Waals surface area contributed by atoms with Crippen molar-refractivity contribution in [3.63, 3.8) is 0 Å². The van der Waals surface area contributed by atoms with Gasteiger partial charge in [0.15, 0.2) is 0 Å². The Bertz CT molecular complexity index is 358. The summed E-state index contributed by atoms with van der Waals surface area (Å²) in [5.74, 6) is 0. The van der Waals surface area contributed by atoms with Crippen LogP contribution in [0.2, 0.25) is 0 Å². The number of hydrogen-bond donors (Lipinski definition) is 0. The SMILES string of the molecule is [N]CN(c1ccccc1)c1ccccc1. The van der Waals surface area contributed by atoms with E-state index in [9.17, 15) is 5.73 Å². The second-order valence-corrected chi connectivity index (χ2v) is 3.24. The quantitative estimate of drug-likeness (QED) is 0.741. The molecule has 0 unspecified atom stereocenters. The third-order valence-corrected chi connectivity index (χ3v) is 2.28. The molecule has 0 saturated carbocycles. The molecule has 0 aliphatic rings. The van der Waals surface area contributed by atoms with Gasteiger partial charge in [-0.3, -0.25) is 0 Å². The van der Waals surface area contributed by atoms with Crippen molar-refractivity contribution in [2.24, 2.45) is 0 Å². The van der Waals surface area contributed by atoms with E-state index in [4.69, 9.17) is 0 Å². The largest absolute Gasteiger partial charge is 0.325 e. The van der Waals surface area contributed by atoms with Crippen LogP contribution in [0, 0.1) is 0 Å². The summed E-state index contributed by atoms with van der Waals surface area (Å²) in [7, 11) is 0. The summed E-state index contributed by atoms with van der Waals surface area (Å²) in [4.78, 5) is 1.85. The van der Waals surface area contributed by atoms with E-state index in [0.717, 1.165) is 11.4 Å². The Balaban J connectivity index is 2.34. The monoisotopic (exact) mass is 196 g/mol. The normalized spacial score (nSPS) is 9.93. The third kappa shape index (κ3) is 2.17. The van der Waals surface area contributed by atoms with Gasteiger partial charge in [-0.25, -0.2) is 0 Å². The van der Waals surface area contributed by atoms with Crippen molar-refractivity contribution in [2.45, 2.75) is 0 Å². The Kier molecular flexibility index (Phi) is 3.00. The van der Waals surface area contributed by atoms with Crippen LogP contribution in [0.25, 0.3) is 0 Å². The van der Waals surface area contributed by atoms with Crippen LogP contribution in [0.5, 0.6) is 0 Å². The van der Waals surface area contributed by atoms with Gasteiger partial charge in [0.1, 0.15) is 6.67 Å². The second kappa shape index (κ2) is 4.62. The standard InChI is InChI=1S/C13H12N2/c14-11-15(12-7-3-1-4-8-12)13-9-5-2-6-10-13/h1-10H,11H2. The predicted octanol–water partition coefficient (Wildman–Crippen LogP) is 2.85. The maximum atomic E-state index is 9.36. The Labute approximate surface area is 90.0 Å². The van der Waals surface area contributed by atoms with Crippen LogP contribution < -0.4 is 10.6 Å². The Morgan fingerprint density at radius 2 is 1.13 bits per heavy atom. The molecule has 2 radical (unpaired) electrons. The van der Waals surface area contributed by atoms with E-state index in [1.54, 1.807) is 0 Å². The van der Waals surface area contributed by atoms with Gasteiger partial charge in [-0.15, -0.1) is 5.73 Å². The smallest absolute Gasteiger partial charge is 0.108 e. The van der Waals surface area contributed by atoms with Gasteiger partial charge in [0.05, 0.1) is 0 Å². The molecule has 0 fully saturated rings. The Hall–Kier alpha value is -1.80. The molecular weight excluding hydrogens is 184 g/mol. The average Bonchev–Trinajstić information content (AvgIpc) is 2.33. The van der Waals surface area contributed by atoms with E-state index >= 15 is 0 Å². The van der Waals surface area contributed by atoms with Gasteiger partial charge >= 0.3 is 0 Å². The van der Waals surface area contributed by atoms with Crippen LogP contribution in [-0.2, 0) is 0 Å². The van der Waals surface area contributed by atoms with Crippen molar-refractivity contribution in [1.29, 1.82) is 0 Å². The van der Waals surface area contributed by atoms with Crippen molar-refractivity contribution in [2.75, 3.05) is 11.6 Å². The highest BCUT2D eigenvalue weighted by molar-refractivity contribution is 5.62. The molecule has 74 valence electrons. The van der Waals surface area contributed by atoms with Crippen molar-refractivity contribution in [3.05, 3.63) is 60.7 Å². The van der Waals surface area contributed by atoms with E-state index in [2.05, 4.69) is 0 Å². The van der Waals surface area contributed by atoms with Crippen molar-refractivity contribution < 1.29 is 0 Å². The summed E-state index contributed by atoms with van der Waals surface area (Å²) in [5.41, 5.74) is 11.3. The topological polar surface area (TPSA) is 25.5 Å². The van der Waals surface area contributed by atoms with E-state index in [1.807, 2.05) is 65.6 Å². The molecule has 0 aliphatic heterocycles. The summed E-state index contributed by atoms with van der Waals surface area (Å²) < 4.78 is 0. The molecule has 0 atom stereocenters. The van der Waals surface area contributed by atoms with Crippen molar-refractivity contribution in [1.82, 2.24) is 5.73 Å². The lowest BCUT2D eigenvalue weighted by Gasteiger charge is -2.21. The highest BCUT2D eigenvalue weighted by atomic mass is 15.2. The zero-order chi connectivity index (χ0) is 10.5. The van der Waals surface area contributed by atoms with Crippen LogP contribution >= 0.6 is 0 Å². The second-order valence-electron chi connectivity index (χ2n) is 3.24. The lowest BCUT2D eigenvalue weighted by Crippen LogP contribution is -2.18. The maximum Gasteiger partial charge on any atom is 0.108 e. The van der Waals surface area contributed by atoms with Crippen LogP contribution in [0.1, 0.15) is 0 Å². The summed E-state index contributed by atoms with van der Waals surface area (Å²) in [5, 5.41) is 0. The highest BCUT2D eigenvalue weighted by Crippen LogP contribution is 2.23. The molecule has 0 aliphatic carbocycles. The molecule has 0 amide bonds. The number of benzene rings is 2. The van der Waals surface area contributed by atoms with Gasteiger partial charge in [-0.05, 0) is 24.3 Å². The van der Waals surface area contributed by atoms with Gasteiger partial charge in [0.25, 0.3) is 0 Å². The van der Waals surface area contributed by atoms with Gasteiger partial charge in [-0.2, -0.15) is 0 Å². The molecule has 0 heterocycles. The number of para-hydroxylation sites is 2. The van der Waals surface area contributed by atoms with E-state index in [0.29, 0.717) is 0 Å². The zero-order valence-electron chi connectivity index (χ0n) is 8.38. The van der Waals surface area contributed by atoms with Crippen LogP contribution in [0.15, 0.2) is 60.7 Å². The predicted molar refractivity (Wildman–Crippen MR) is 62.0 cm³/mol. The summed E-state index contributed by atoms with van der Waals surface area (Å²) >= 11 is 0. The first-order valence-electron chi connectivity index (χ1n) is 4.90. The fourth-order valence-electron chi connectivity index (χ4n) is 1.53. The van der Waals surface area contributed by atoms with Crippen LogP contribution in [0.3, 0.4) is 0 Å². The van der Waals surface area contributed by atoms with Gasteiger partial charge in [-0.1, -0.05) is 36.4 Å². The molecule has 2 nitrogen and oxygen atoms in total. The van der Waals surface area contributed by atoms with E-state index in [1.165, 1.54) is 0 Å². The van der Waals surface area contributed by atoms with Crippen molar-refractivity contribution >= 4 is 11.4 Å². The van der Waals surface area contributed by atoms with Gasteiger partial charge in [0, 0.05) is 11.4 Å². The van der Waals surface area contributed by atoms with Crippen LogP contribution in [0.4, 0.5) is 11.4 Å². The number of nitrogens with zero attached hydrogens (tertiary/aromatic N) is 2. The zero-order valence-corrected chi connectivity index (χ0v) is 8.38. The number of rotatable bonds is 3. The summed E-state index contributed by atoms with van der Waals surface area (Å²) in [6.07, 6.45) is 0. The van der Waals surface area contributed by atoms with Crippen molar-refractivity contribution in [3.8, 4) is 0 Å². The molecule has 2 rings (SSSR count). The number of anilines is 2. The first-order valence-corrected chi connectivity index (χ1v) is 4.90. The molecule has 0 saturated heterocycles. The fraction of sp³-hybridized carbons (Fsp3) is 0.0769. The molecule has 0 N–H and O–H groups in total. The maximum absolute atomic E-state index is 9.36. The number of hydrogen-bond acceptors (Lipinski definition) is 1. The van der Waals surface area contributed by atoms with E-state index in [-0.39, 0.29) is 6.67 Å². The van der Waals surface area contributed by atoms with E-state index < -0.39 is 0 Å². The first kappa shape index (κ1) is 9.74. The third-order valence-electron chi connectivity index (χ3n) is 2.28. The van der Waals surface area contributed by atoms with Crippen LogP contribution in [-0.4, -0.2) is 6.67 Å². The molecular formula is C13H12N2. The summed E-state index contributed by atoms with van der Waals surface area (Å²) in [6.45, 7) is -0.0198. The Morgan fingerprint density at radius 3 is 1.47 bits per heavy atom. The Morgan fingerprint density at radius 1 is 0.733 bits per heavy atom. The van der Waals surface area contributed by atoms with Gasteiger partial charge in [0.2, 0.25) is 0 Å².